The third kappa shape index (κ3) is 3.46. The van der Waals surface area contributed by atoms with Crippen LogP contribution >= 0.6 is 0 Å². The fraction of sp³-hybridized carbons (Fsp3) is 0.938. The van der Waals surface area contributed by atoms with E-state index in [9.17, 15) is 9.90 Å². The molecule has 1 N–H and O–H groups in total. The molecule has 0 aromatic heterocycles. The second-order valence-electron chi connectivity index (χ2n) is 8.32. The minimum absolute atomic E-state index is 0.205. The van der Waals surface area contributed by atoms with Gasteiger partial charge in [-0.15, -0.1) is 0 Å². The maximum atomic E-state index is 12.2. The van der Waals surface area contributed by atoms with Gasteiger partial charge in [0.15, 0.2) is 0 Å². The van der Waals surface area contributed by atoms with Gasteiger partial charge in [0.2, 0.25) is 0 Å². The maximum absolute atomic E-state index is 12.2. The lowest BCUT2D eigenvalue weighted by atomic mass is 9.60. The van der Waals surface area contributed by atoms with Crippen molar-refractivity contribution in [1.82, 2.24) is 4.90 Å². The van der Waals surface area contributed by atoms with Crippen molar-refractivity contribution in [3.05, 3.63) is 0 Å². The van der Waals surface area contributed by atoms with Crippen molar-refractivity contribution in [1.29, 1.82) is 0 Å². The normalized spacial score (nSPS) is 32.9. The van der Waals surface area contributed by atoms with Crippen LogP contribution in [0.2, 0.25) is 0 Å². The van der Waals surface area contributed by atoms with Crippen molar-refractivity contribution >= 4 is 6.09 Å². The average Bonchev–Trinajstić information content (AvgIpc) is 2.23. The van der Waals surface area contributed by atoms with Crippen LogP contribution < -0.4 is 0 Å². The summed E-state index contributed by atoms with van der Waals surface area (Å²) in [7, 11) is 0. The number of aliphatic hydroxyl groups excluding tert-OH is 1. The van der Waals surface area contributed by atoms with Gasteiger partial charge in [-0.2, -0.15) is 0 Å². The summed E-state index contributed by atoms with van der Waals surface area (Å²) in [4.78, 5) is 14.1. The Labute approximate surface area is 122 Å². The number of ether oxygens (including phenoxy) is 1. The second kappa shape index (κ2) is 5.21. The number of carbonyl (C=O) groups is 1. The van der Waals surface area contributed by atoms with Gasteiger partial charge in [-0.1, -0.05) is 13.8 Å². The summed E-state index contributed by atoms with van der Waals surface area (Å²) < 4.78 is 5.49. The molecule has 2 aliphatic rings. The Hall–Kier alpha value is -0.770. The summed E-state index contributed by atoms with van der Waals surface area (Å²) in [6, 6.07) is 0. The highest BCUT2D eigenvalue weighted by Crippen LogP contribution is 2.48. The molecule has 2 unspecified atom stereocenters. The van der Waals surface area contributed by atoms with Gasteiger partial charge in [-0.3, -0.25) is 0 Å². The Morgan fingerprint density at radius 3 is 2.15 bits per heavy atom. The minimum atomic E-state index is -0.445. The summed E-state index contributed by atoms with van der Waals surface area (Å²) in [5, 5.41) is 9.64. The second-order valence-corrected chi connectivity index (χ2v) is 8.32. The number of rotatable bonds is 1. The highest BCUT2D eigenvalue weighted by Gasteiger charge is 2.46. The molecule has 1 saturated carbocycles. The van der Waals surface area contributed by atoms with Crippen LogP contribution in [-0.2, 0) is 4.74 Å². The van der Waals surface area contributed by atoms with E-state index in [-0.39, 0.29) is 12.7 Å². The molecule has 0 aromatic carbocycles. The van der Waals surface area contributed by atoms with Gasteiger partial charge in [0.05, 0.1) is 0 Å². The van der Waals surface area contributed by atoms with Crippen LogP contribution in [0, 0.1) is 23.2 Å². The van der Waals surface area contributed by atoms with E-state index in [0.717, 1.165) is 25.9 Å². The monoisotopic (exact) mass is 283 g/mol. The first-order valence-electron chi connectivity index (χ1n) is 7.70. The molecule has 2 bridgehead atoms. The zero-order valence-corrected chi connectivity index (χ0v) is 13.5. The third-order valence-electron chi connectivity index (χ3n) is 4.61. The highest BCUT2D eigenvalue weighted by molar-refractivity contribution is 5.68. The van der Waals surface area contributed by atoms with E-state index in [1.54, 1.807) is 0 Å². The first-order chi connectivity index (χ1) is 9.11. The zero-order chi connectivity index (χ0) is 15.1. The molecule has 20 heavy (non-hydrogen) atoms. The Bertz CT molecular complexity index is 354. The summed E-state index contributed by atoms with van der Waals surface area (Å²) in [6.45, 7) is 12.0. The molecule has 1 saturated heterocycles. The fourth-order valence-corrected chi connectivity index (χ4v) is 4.00. The van der Waals surface area contributed by atoms with Crippen molar-refractivity contribution in [2.24, 2.45) is 23.2 Å². The van der Waals surface area contributed by atoms with E-state index in [0.29, 0.717) is 23.2 Å². The van der Waals surface area contributed by atoms with Gasteiger partial charge in [-0.25, -0.2) is 4.79 Å². The molecule has 0 aromatic rings. The van der Waals surface area contributed by atoms with Crippen LogP contribution in [0.25, 0.3) is 0 Å². The molecule has 2 rings (SSSR count). The lowest BCUT2D eigenvalue weighted by Gasteiger charge is -2.52. The molecule has 116 valence electrons. The Morgan fingerprint density at radius 1 is 1.25 bits per heavy atom. The number of fused-ring (bicyclic) bond motifs is 2. The van der Waals surface area contributed by atoms with E-state index < -0.39 is 5.60 Å². The molecule has 2 atom stereocenters. The van der Waals surface area contributed by atoms with Crippen molar-refractivity contribution < 1.29 is 14.6 Å². The topological polar surface area (TPSA) is 49.8 Å². The molecular weight excluding hydrogens is 254 g/mol. The lowest BCUT2D eigenvalue weighted by molar-refractivity contribution is -0.0573. The molecule has 1 heterocycles. The van der Waals surface area contributed by atoms with Gasteiger partial charge in [0, 0.05) is 19.7 Å². The van der Waals surface area contributed by atoms with E-state index >= 15 is 0 Å². The van der Waals surface area contributed by atoms with Gasteiger partial charge < -0.3 is 14.7 Å². The van der Waals surface area contributed by atoms with Gasteiger partial charge >= 0.3 is 6.09 Å². The zero-order valence-electron chi connectivity index (χ0n) is 13.5. The van der Waals surface area contributed by atoms with Crippen molar-refractivity contribution in [2.75, 3.05) is 19.7 Å². The van der Waals surface area contributed by atoms with E-state index in [4.69, 9.17) is 4.74 Å². The van der Waals surface area contributed by atoms with E-state index in [1.807, 2.05) is 25.7 Å². The molecule has 1 amide bonds. The summed E-state index contributed by atoms with van der Waals surface area (Å²) >= 11 is 0. The predicted octanol–water partition coefficient (Wildman–Crippen LogP) is 2.90. The van der Waals surface area contributed by atoms with Crippen molar-refractivity contribution in [2.45, 2.75) is 53.1 Å². The number of amides is 1. The summed E-state index contributed by atoms with van der Waals surface area (Å²) in [5.74, 6) is 1.15. The summed E-state index contributed by atoms with van der Waals surface area (Å²) in [6.07, 6.45) is 1.95. The number of piperidine rings is 1. The van der Waals surface area contributed by atoms with Gasteiger partial charge in [0.1, 0.15) is 5.60 Å². The Kier molecular flexibility index (Phi) is 4.07. The van der Waals surface area contributed by atoms with Crippen molar-refractivity contribution in [3.63, 3.8) is 0 Å². The van der Waals surface area contributed by atoms with Gasteiger partial charge in [0.25, 0.3) is 0 Å². The number of hydrogen-bond acceptors (Lipinski definition) is 3. The molecule has 1 aliphatic carbocycles. The smallest absolute Gasteiger partial charge is 0.410 e. The van der Waals surface area contributed by atoms with E-state index in [1.165, 1.54) is 0 Å². The molecule has 4 heteroatoms. The van der Waals surface area contributed by atoms with Crippen LogP contribution in [0.4, 0.5) is 4.79 Å². The number of nitrogens with zero attached hydrogens (tertiary/aromatic N) is 1. The molecule has 4 nitrogen and oxygen atoms in total. The molecule has 0 radical (unpaired) electrons. The standard InChI is InChI=1S/C16H29NO3/c1-15(2,3)20-14(19)17-8-11-6-16(4,5)7-12(9-17)13(11)10-18/h11-13,18H,6-10H2,1-5H3. The minimum Gasteiger partial charge on any atom is -0.444 e. The average molecular weight is 283 g/mol. The summed E-state index contributed by atoms with van der Waals surface area (Å²) in [5.41, 5.74) is -0.125. The van der Waals surface area contributed by atoms with Crippen LogP contribution in [0.5, 0.6) is 0 Å². The van der Waals surface area contributed by atoms with Crippen LogP contribution in [0.15, 0.2) is 0 Å². The molecule has 1 aliphatic heterocycles. The Balaban J connectivity index is 2.07. The SMILES string of the molecule is CC1(C)CC2CN(C(=O)OC(C)(C)C)CC(C1)C2CO. The number of aliphatic hydroxyl groups is 1. The molecule has 0 spiro atoms. The van der Waals surface area contributed by atoms with Crippen LogP contribution in [0.3, 0.4) is 0 Å². The first kappa shape index (κ1) is 15.6. The van der Waals surface area contributed by atoms with Gasteiger partial charge in [-0.05, 0) is 56.8 Å². The quantitative estimate of drug-likeness (QED) is 0.805. The molecule has 2 fully saturated rings. The number of carbonyl (C=O) groups excluding carboxylic acids is 1. The van der Waals surface area contributed by atoms with Crippen LogP contribution in [0.1, 0.15) is 47.5 Å². The largest absolute Gasteiger partial charge is 0.444 e. The first-order valence-corrected chi connectivity index (χ1v) is 7.70. The Morgan fingerprint density at radius 2 is 1.75 bits per heavy atom. The lowest BCUT2D eigenvalue weighted by Crippen LogP contribution is -2.55. The van der Waals surface area contributed by atoms with Crippen LogP contribution in [-0.4, -0.2) is 41.4 Å². The van der Waals surface area contributed by atoms with Crippen molar-refractivity contribution in [3.8, 4) is 0 Å². The van der Waals surface area contributed by atoms with E-state index in [2.05, 4.69) is 13.8 Å². The molecular formula is C16H29NO3. The predicted molar refractivity (Wildman–Crippen MR) is 78.4 cm³/mol. The number of likely N-dealkylation sites (tertiary alicyclic amines) is 1. The third-order valence-corrected chi connectivity index (χ3v) is 4.61. The highest BCUT2D eigenvalue weighted by atomic mass is 16.6. The maximum Gasteiger partial charge on any atom is 0.410 e. The number of hydrogen-bond donors (Lipinski definition) is 1. The fourth-order valence-electron chi connectivity index (χ4n) is 4.00.